The van der Waals surface area contributed by atoms with E-state index in [0.29, 0.717) is 24.1 Å². The maximum atomic E-state index is 5.77. The Bertz CT molecular complexity index is 1030. The van der Waals surface area contributed by atoms with Crippen molar-refractivity contribution in [3.05, 3.63) is 53.5 Å². The molecular weight excluding hydrogens is 398 g/mol. The number of methoxy groups -OCH3 is 1. The highest BCUT2D eigenvalue weighted by atomic mass is 32.2. The van der Waals surface area contributed by atoms with Crippen LogP contribution in [0.1, 0.15) is 11.7 Å². The van der Waals surface area contributed by atoms with Crippen LogP contribution in [0.15, 0.2) is 51.4 Å². The van der Waals surface area contributed by atoms with Crippen LogP contribution in [-0.2, 0) is 19.4 Å². The minimum absolute atomic E-state index is 0.319. The third kappa shape index (κ3) is 4.18. The van der Waals surface area contributed by atoms with Gasteiger partial charge >= 0.3 is 0 Å². The molecule has 28 heavy (non-hydrogen) atoms. The highest BCUT2D eigenvalue weighted by molar-refractivity contribution is 7.98. The van der Waals surface area contributed by atoms with E-state index >= 15 is 0 Å². The zero-order valence-electron chi connectivity index (χ0n) is 15.2. The molecule has 144 valence electrons. The van der Waals surface area contributed by atoms with Gasteiger partial charge in [-0.2, -0.15) is 0 Å². The summed E-state index contributed by atoms with van der Waals surface area (Å²) in [7, 11) is 3.53. The molecule has 0 atom stereocenters. The third-order valence-electron chi connectivity index (χ3n) is 3.88. The molecule has 0 spiro atoms. The van der Waals surface area contributed by atoms with Gasteiger partial charge in [0.2, 0.25) is 5.89 Å². The predicted octanol–water partition coefficient (Wildman–Crippen LogP) is 3.81. The average molecular weight is 416 g/mol. The van der Waals surface area contributed by atoms with E-state index < -0.39 is 0 Å². The molecule has 0 saturated heterocycles. The second kappa shape index (κ2) is 8.44. The van der Waals surface area contributed by atoms with Crippen molar-refractivity contribution in [1.29, 1.82) is 0 Å². The van der Waals surface area contributed by atoms with Gasteiger partial charge in [-0.05, 0) is 35.7 Å². The Morgan fingerprint density at radius 2 is 1.89 bits per heavy atom. The van der Waals surface area contributed by atoms with Crippen molar-refractivity contribution in [3.8, 4) is 22.3 Å². The van der Waals surface area contributed by atoms with Crippen LogP contribution in [0.5, 0.6) is 11.5 Å². The Kier molecular flexibility index (Phi) is 5.58. The number of hydrogen-bond donors (Lipinski definition) is 0. The normalized spacial score (nSPS) is 10.9. The molecule has 0 amide bonds. The quantitative estimate of drug-likeness (QED) is 0.402. The van der Waals surface area contributed by atoms with Crippen LogP contribution in [0.25, 0.3) is 10.8 Å². The van der Waals surface area contributed by atoms with Gasteiger partial charge in [0.05, 0.1) is 17.7 Å². The maximum absolute atomic E-state index is 5.77. The fourth-order valence-corrected chi connectivity index (χ4v) is 3.77. The predicted molar refractivity (Wildman–Crippen MR) is 106 cm³/mol. The van der Waals surface area contributed by atoms with Crippen LogP contribution in [0.3, 0.4) is 0 Å². The van der Waals surface area contributed by atoms with Crippen molar-refractivity contribution in [1.82, 2.24) is 25.0 Å². The molecule has 0 N–H and O–H groups in total. The van der Waals surface area contributed by atoms with E-state index in [9.17, 15) is 0 Å². The number of hydrogen-bond acceptors (Lipinski definition) is 9. The average Bonchev–Trinajstić information content (AvgIpc) is 3.47. The number of nitrogens with zero attached hydrogens (tertiary/aromatic N) is 5. The molecule has 4 aromatic rings. The van der Waals surface area contributed by atoms with Crippen LogP contribution in [0.4, 0.5) is 0 Å². The highest BCUT2D eigenvalue weighted by Crippen LogP contribution is 2.26. The number of benzene rings is 1. The molecule has 0 radical (unpaired) electrons. The van der Waals surface area contributed by atoms with Crippen molar-refractivity contribution in [2.45, 2.75) is 17.5 Å². The summed E-state index contributed by atoms with van der Waals surface area (Å²) >= 11 is 3.05. The van der Waals surface area contributed by atoms with Gasteiger partial charge in [0, 0.05) is 7.05 Å². The van der Waals surface area contributed by atoms with E-state index in [0.717, 1.165) is 27.4 Å². The molecule has 0 saturated carbocycles. The van der Waals surface area contributed by atoms with Gasteiger partial charge in [0.15, 0.2) is 11.0 Å². The lowest BCUT2D eigenvalue weighted by molar-refractivity contribution is 0.290. The Hall–Kier alpha value is -2.85. The summed E-state index contributed by atoms with van der Waals surface area (Å²) in [6, 6.07) is 11.3. The summed E-state index contributed by atoms with van der Waals surface area (Å²) < 4.78 is 18.5. The molecule has 3 heterocycles. The van der Waals surface area contributed by atoms with Crippen molar-refractivity contribution >= 4 is 23.1 Å². The maximum Gasteiger partial charge on any atom is 0.257 e. The lowest BCUT2D eigenvalue weighted by Gasteiger charge is -2.07. The fourth-order valence-electron chi connectivity index (χ4n) is 2.35. The summed E-state index contributed by atoms with van der Waals surface area (Å²) in [5, 5.41) is 19.3. The Balaban J connectivity index is 1.34. The van der Waals surface area contributed by atoms with Gasteiger partial charge in [-0.25, -0.2) is 0 Å². The smallest absolute Gasteiger partial charge is 0.257 e. The summed E-state index contributed by atoms with van der Waals surface area (Å²) in [5.74, 6) is 3.86. The molecule has 0 aliphatic rings. The first kappa shape index (κ1) is 18.5. The number of aromatic nitrogens is 5. The molecule has 0 bridgehead atoms. The SMILES string of the molecule is COc1ccc(OCc2nnc(SCc3nnc(-c4cccs4)o3)n2C)cc1. The molecule has 0 fully saturated rings. The standard InChI is InChI=1S/C18H17N5O3S2/c1-23-15(10-25-13-7-5-12(24-2)6-8-13)19-22-18(23)28-11-16-20-21-17(26-16)14-4-3-9-27-14/h3-9H,10-11H2,1-2H3. The zero-order chi connectivity index (χ0) is 19.3. The van der Waals surface area contributed by atoms with Crippen molar-refractivity contribution in [3.63, 3.8) is 0 Å². The Morgan fingerprint density at radius 1 is 1.07 bits per heavy atom. The van der Waals surface area contributed by atoms with E-state index in [1.54, 1.807) is 18.4 Å². The van der Waals surface area contributed by atoms with Gasteiger partial charge in [-0.15, -0.1) is 31.7 Å². The van der Waals surface area contributed by atoms with Gasteiger partial charge in [0.1, 0.15) is 18.1 Å². The van der Waals surface area contributed by atoms with E-state index in [4.69, 9.17) is 13.9 Å². The number of thiophene rings is 1. The van der Waals surface area contributed by atoms with E-state index in [2.05, 4.69) is 20.4 Å². The van der Waals surface area contributed by atoms with Crippen molar-refractivity contribution in [2.75, 3.05) is 7.11 Å². The second-order valence-electron chi connectivity index (χ2n) is 5.69. The summed E-state index contributed by atoms with van der Waals surface area (Å²) in [5.41, 5.74) is 0. The summed E-state index contributed by atoms with van der Waals surface area (Å²) in [6.45, 7) is 0.319. The van der Waals surface area contributed by atoms with Crippen LogP contribution >= 0.6 is 23.1 Å². The number of ether oxygens (including phenoxy) is 2. The Labute approximate surface area is 169 Å². The van der Waals surface area contributed by atoms with Gasteiger partial charge in [0.25, 0.3) is 5.89 Å². The molecule has 0 aliphatic carbocycles. The topological polar surface area (TPSA) is 88.1 Å². The van der Waals surface area contributed by atoms with E-state index in [1.807, 2.05) is 53.4 Å². The van der Waals surface area contributed by atoms with Crippen LogP contribution in [0, 0.1) is 0 Å². The minimum Gasteiger partial charge on any atom is -0.497 e. The molecule has 3 aromatic heterocycles. The van der Waals surface area contributed by atoms with Gasteiger partial charge in [-0.3, -0.25) is 0 Å². The largest absolute Gasteiger partial charge is 0.497 e. The van der Waals surface area contributed by atoms with E-state index in [-0.39, 0.29) is 0 Å². The van der Waals surface area contributed by atoms with Crippen molar-refractivity contribution in [2.24, 2.45) is 7.05 Å². The highest BCUT2D eigenvalue weighted by Gasteiger charge is 2.14. The number of rotatable bonds is 8. The molecule has 1 aromatic carbocycles. The van der Waals surface area contributed by atoms with Gasteiger partial charge in [-0.1, -0.05) is 17.8 Å². The first-order valence-corrected chi connectivity index (χ1v) is 10.2. The lowest BCUT2D eigenvalue weighted by Crippen LogP contribution is -2.04. The molecule has 0 unspecified atom stereocenters. The molecule has 4 rings (SSSR count). The van der Waals surface area contributed by atoms with Crippen LogP contribution in [-0.4, -0.2) is 32.1 Å². The summed E-state index contributed by atoms with van der Waals surface area (Å²) in [6.07, 6.45) is 0. The second-order valence-corrected chi connectivity index (χ2v) is 7.58. The minimum atomic E-state index is 0.319. The molecular formula is C18H17N5O3S2. The first-order valence-electron chi connectivity index (χ1n) is 8.37. The molecule has 0 aliphatic heterocycles. The first-order chi connectivity index (χ1) is 13.7. The Morgan fingerprint density at radius 3 is 2.64 bits per heavy atom. The van der Waals surface area contributed by atoms with Crippen molar-refractivity contribution < 1.29 is 13.9 Å². The van der Waals surface area contributed by atoms with E-state index in [1.165, 1.54) is 11.8 Å². The zero-order valence-corrected chi connectivity index (χ0v) is 16.9. The summed E-state index contributed by atoms with van der Waals surface area (Å²) in [4.78, 5) is 0.959. The molecule has 8 nitrogen and oxygen atoms in total. The monoisotopic (exact) mass is 415 g/mol. The lowest BCUT2D eigenvalue weighted by atomic mass is 10.3. The third-order valence-corrected chi connectivity index (χ3v) is 5.74. The molecule has 10 heteroatoms. The van der Waals surface area contributed by atoms with Crippen LogP contribution < -0.4 is 9.47 Å². The van der Waals surface area contributed by atoms with Crippen LogP contribution in [0.2, 0.25) is 0 Å². The number of thioether (sulfide) groups is 1. The van der Waals surface area contributed by atoms with Gasteiger partial charge < -0.3 is 18.5 Å². The fraction of sp³-hybridized carbons (Fsp3) is 0.222.